The van der Waals surface area contributed by atoms with E-state index < -0.39 is 0 Å². The summed E-state index contributed by atoms with van der Waals surface area (Å²) in [6.07, 6.45) is 0. The molecule has 0 saturated carbocycles. The van der Waals surface area contributed by atoms with Crippen molar-refractivity contribution >= 4 is 35.2 Å². The molecule has 20 heavy (non-hydrogen) atoms. The SMILES string of the molecule is CCOCCNC(=O)Nc1cccc(C2SCCS2)c1. The lowest BCUT2D eigenvalue weighted by Gasteiger charge is -2.11. The van der Waals surface area contributed by atoms with Gasteiger partial charge >= 0.3 is 6.03 Å². The Kier molecular flexibility index (Phi) is 6.56. The summed E-state index contributed by atoms with van der Waals surface area (Å²) in [5.41, 5.74) is 2.11. The van der Waals surface area contributed by atoms with Crippen molar-refractivity contribution in [3.8, 4) is 0 Å². The first-order valence-electron chi connectivity index (χ1n) is 6.75. The van der Waals surface area contributed by atoms with E-state index in [-0.39, 0.29) is 6.03 Å². The van der Waals surface area contributed by atoms with Gasteiger partial charge in [0.05, 0.1) is 11.2 Å². The lowest BCUT2D eigenvalue weighted by Crippen LogP contribution is -2.31. The molecule has 1 aromatic carbocycles. The summed E-state index contributed by atoms with van der Waals surface area (Å²) in [6, 6.07) is 7.89. The van der Waals surface area contributed by atoms with E-state index in [1.165, 1.54) is 17.1 Å². The molecule has 1 aliphatic rings. The Hall–Kier alpha value is -0.850. The van der Waals surface area contributed by atoms with Crippen LogP contribution in [0.15, 0.2) is 24.3 Å². The van der Waals surface area contributed by atoms with Crippen LogP contribution in [-0.2, 0) is 4.74 Å². The zero-order chi connectivity index (χ0) is 14.2. The van der Waals surface area contributed by atoms with Gasteiger partial charge in [-0.3, -0.25) is 0 Å². The monoisotopic (exact) mass is 312 g/mol. The minimum atomic E-state index is -0.186. The molecule has 1 fully saturated rings. The number of anilines is 1. The van der Waals surface area contributed by atoms with Gasteiger partial charge in [-0.1, -0.05) is 12.1 Å². The van der Waals surface area contributed by atoms with Crippen molar-refractivity contribution in [3.05, 3.63) is 29.8 Å². The molecule has 2 N–H and O–H groups in total. The molecule has 2 rings (SSSR count). The molecule has 4 nitrogen and oxygen atoms in total. The van der Waals surface area contributed by atoms with E-state index in [2.05, 4.69) is 22.8 Å². The predicted molar refractivity (Wildman–Crippen MR) is 87.6 cm³/mol. The van der Waals surface area contributed by atoms with Gasteiger partial charge in [-0.2, -0.15) is 0 Å². The van der Waals surface area contributed by atoms with Crippen LogP contribution in [0.5, 0.6) is 0 Å². The Morgan fingerprint density at radius 3 is 2.95 bits per heavy atom. The normalized spacial score (nSPS) is 15.2. The van der Waals surface area contributed by atoms with Crippen LogP contribution < -0.4 is 10.6 Å². The van der Waals surface area contributed by atoms with Gasteiger partial charge in [0.15, 0.2) is 0 Å². The Morgan fingerprint density at radius 2 is 2.20 bits per heavy atom. The minimum absolute atomic E-state index is 0.186. The van der Waals surface area contributed by atoms with Crippen LogP contribution >= 0.6 is 23.5 Å². The minimum Gasteiger partial charge on any atom is -0.380 e. The molecule has 0 radical (unpaired) electrons. The summed E-state index contributed by atoms with van der Waals surface area (Å²) in [7, 11) is 0. The fraction of sp³-hybridized carbons (Fsp3) is 0.500. The number of rotatable bonds is 6. The number of hydrogen-bond donors (Lipinski definition) is 2. The second-order valence-corrected chi connectivity index (χ2v) is 7.00. The Bertz CT molecular complexity index is 437. The first-order valence-corrected chi connectivity index (χ1v) is 8.85. The number of thioether (sulfide) groups is 2. The van der Waals surface area contributed by atoms with Crippen LogP contribution in [-0.4, -0.2) is 37.3 Å². The van der Waals surface area contributed by atoms with Gasteiger partial charge in [-0.05, 0) is 24.6 Å². The van der Waals surface area contributed by atoms with Crippen LogP contribution in [0.2, 0.25) is 0 Å². The van der Waals surface area contributed by atoms with Crippen LogP contribution in [0.4, 0.5) is 10.5 Å². The number of hydrogen-bond acceptors (Lipinski definition) is 4. The summed E-state index contributed by atoms with van der Waals surface area (Å²) in [5.74, 6) is 2.40. The molecule has 0 bridgehead atoms. The number of carbonyl (C=O) groups excluding carboxylic acids is 1. The van der Waals surface area contributed by atoms with Gasteiger partial charge in [-0.15, -0.1) is 23.5 Å². The van der Waals surface area contributed by atoms with Crippen molar-refractivity contribution in [3.63, 3.8) is 0 Å². The van der Waals surface area contributed by atoms with Gasteiger partial charge in [0, 0.05) is 30.3 Å². The fourth-order valence-corrected chi connectivity index (χ4v) is 4.71. The average Bonchev–Trinajstić information content (AvgIpc) is 2.98. The summed E-state index contributed by atoms with van der Waals surface area (Å²) < 4.78 is 5.67. The number of benzene rings is 1. The van der Waals surface area contributed by atoms with E-state index in [1.807, 2.05) is 42.6 Å². The van der Waals surface area contributed by atoms with E-state index in [0.717, 1.165) is 5.69 Å². The van der Waals surface area contributed by atoms with Gasteiger partial charge in [0.2, 0.25) is 0 Å². The van der Waals surface area contributed by atoms with E-state index in [1.54, 1.807) is 0 Å². The van der Waals surface area contributed by atoms with Crippen LogP contribution in [0, 0.1) is 0 Å². The molecule has 1 heterocycles. The maximum absolute atomic E-state index is 11.7. The quantitative estimate of drug-likeness (QED) is 0.791. The average molecular weight is 312 g/mol. The van der Waals surface area contributed by atoms with Crippen molar-refractivity contribution < 1.29 is 9.53 Å². The van der Waals surface area contributed by atoms with Gasteiger partial charge in [0.1, 0.15) is 0 Å². The predicted octanol–water partition coefficient (Wildman–Crippen LogP) is 3.32. The van der Waals surface area contributed by atoms with Crippen LogP contribution in [0.3, 0.4) is 0 Å². The maximum atomic E-state index is 11.7. The summed E-state index contributed by atoms with van der Waals surface area (Å²) in [6.45, 7) is 3.67. The summed E-state index contributed by atoms with van der Waals surface area (Å²) in [5, 5.41) is 5.63. The molecule has 1 aromatic rings. The highest BCUT2D eigenvalue weighted by Gasteiger charge is 2.18. The second kappa shape index (κ2) is 8.44. The first kappa shape index (κ1) is 15.5. The molecule has 0 atom stereocenters. The van der Waals surface area contributed by atoms with E-state index in [0.29, 0.717) is 24.3 Å². The van der Waals surface area contributed by atoms with E-state index in [9.17, 15) is 4.79 Å². The topological polar surface area (TPSA) is 50.4 Å². The third kappa shape index (κ3) is 4.92. The van der Waals surface area contributed by atoms with Crippen molar-refractivity contribution in [2.75, 3.05) is 36.6 Å². The molecule has 6 heteroatoms. The summed E-state index contributed by atoms with van der Waals surface area (Å²) >= 11 is 3.92. The highest BCUT2D eigenvalue weighted by molar-refractivity contribution is 8.19. The lowest BCUT2D eigenvalue weighted by molar-refractivity contribution is 0.150. The number of carbonyl (C=O) groups is 1. The number of nitrogens with one attached hydrogen (secondary N) is 2. The fourth-order valence-electron chi connectivity index (χ4n) is 1.87. The third-order valence-electron chi connectivity index (χ3n) is 2.77. The molecular weight excluding hydrogens is 292 g/mol. The van der Waals surface area contributed by atoms with Crippen LogP contribution in [0.1, 0.15) is 17.1 Å². The third-order valence-corrected chi connectivity index (χ3v) is 5.88. The molecule has 0 aromatic heterocycles. The second-order valence-electron chi connectivity index (χ2n) is 4.28. The molecule has 1 saturated heterocycles. The number of amides is 2. The molecule has 0 unspecified atom stereocenters. The largest absolute Gasteiger partial charge is 0.380 e. The maximum Gasteiger partial charge on any atom is 0.319 e. The molecule has 0 spiro atoms. The van der Waals surface area contributed by atoms with E-state index >= 15 is 0 Å². The Balaban J connectivity index is 1.82. The summed E-state index contributed by atoms with van der Waals surface area (Å²) in [4.78, 5) is 11.7. The Morgan fingerprint density at radius 1 is 1.40 bits per heavy atom. The number of ether oxygens (including phenoxy) is 1. The van der Waals surface area contributed by atoms with Crippen molar-refractivity contribution in [1.29, 1.82) is 0 Å². The zero-order valence-electron chi connectivity index (χ0n) is 11.6. The smallest absolute Gasteiger partial charge is 0.319 e. The number of urea groups is 1. The highest BCUT2D eigenvalue weighted by Crippen LogP contribution is 2.45. The van der Waals surface area contributed by atoms with Crippen molar-refractivity contribution in [2.45, 2.75) is 11.5 Å². The van der Waals surface area contributed by atoms with Crippen molar-refractivity contribution in [1.82, 2.24) is 5.32 Å². The molecule has 2 amide bonds. The van der Waals surface area contributed by atoms with E-state index in [4.69, 9.17) is 4.74 Å². The standard InChI is InChI=1S/C14H20N2O2S2/c1-2-18-7-6-15-14(17)16-12-5-3-4-11(10-12)13-19-8-9-20-13/h3-5,10,13H,2,6-9H2,1H3,(H2,15,16,17). The molecule has 1 aliphatic heterocycles. The van der Waals surface area contributed by atoms with Gasteiger partial charge in [-0.25, -0.2) is 4.79 Å². The Labute approximate surface area is 128 Å². The van der Waals surface area contributed by atoms with Gasteiger partial charge < -0.3 is 15.4 Å². The highest BCUT2D eigenvalue weighted by atomic mass is 32.2. The molecule has 0 aliphatic carbocycles. The lowest BCUT2D eigenvalue weighted by atomic mass is 10.2. The van der Waals surface area contributed by atoms with Crippen LogP contribution in [0.25, 0.3) is 0 Å². The first-order chi connectivity index (χ1) is 9.79. The zero-order valence-corrected chi connectivity index (χ0v) is 13.2. The van der Waals surface area contributed by atoms with Gasteiger partial charge in [0.25, 0.3) is 0 Å². The molecular formula is C14H20N2O2S2. The molecule has 110 valence electrons. The van der Waals surface area contributed by atoms with Crippen molar-refractivity contribution in [2.24, 2.45) is 0 Å².